The van der Waals surface area contributed by atoms with E-state index in [9.17, 15) is 9.90 Å². The monoisotopic (exact) mass is 267 g/mol. The molecule has 0 saturated carbocycles. The van der Waals surface area contributed by atoms with Crippen LogP contribution in [0.2, 0.25) is 5.02 Å². The molecule has 0 spiro atoms. The summed E-state index contributed by atoms with van der Waals surface area (Å²) in [6.45, 7) is 5.70. The molecule has 0 atom stereocenters. The van der Waals surface area contributed by atoms with Crippen molar-refractivity contribution in [2.75, 3.05) is 0 Å². The lowest BCUT2D eigenvalue weighted by Gasteiger charge is -2.14. The molecule has 0 unspecified atom stereocenters. The molecular formula is C13H14ClNO3. The second-order valence-corrected chi connectivity index (χ2v) is 4.75. The Bertz CT molecular complexity index is 582. The Hall–Kier alpha value is -1.68. The van der Waals surface area contributed by atoms with Crippen LogP contribution in [0.1, 0.15) is 35.9 Å². The van der Waals surface area contributed by atoms with E-state index in [0.29, 0.717) is 17.1 Å². The van der Waals surface area contributed by atoms with E-state index in [0.717, 1.165) is 0 Å². The number of aromatic nitrogens is 1. The first-order chi connectivity index (χ1) is 8.45. The standard InChI is InChI=1S/C13H14ClNO3/c1-7(2)15-8(3)10(13(16)17)11(14)12(15)9-5-4-6-18-9/h4-7H,1-3H3,(H,16,17). The Morgan fingerprint density at radius 3 is 2.61 bits per heavy atom. The van der Waals surface area contributed by atoms with Crippen molar-refractivity contribution in [2.24, 2.45) is 0 Å². The van der Waals surface area contributed by atoms with Gasteiger partial charge >= 0.3 is 5.97 Å². The van der Waals surface area contributed by atoms with E-state index in [-0.39, 0.29) is 16.6 Å². The summed E-state index contributed by atoms with van der Waals surface area (Å²) in [5, 5.41) is 9.46. The van der Waals surface area contributed by atoms with Crippen LogP contribution in [-0.4, -0.2) is 15.6 Å². The van der Waals surface area contributed by atoms with E-state index < -0.39 is 5.97 Å². The topological polar surface area (TPSA) is 55.4 Å². The Kier molecular flexibility index (Phi) is 3.22. The number of aromatic carboxylic acids is 1. The first-order valence-corrected chi connectivity index (χ1v) is 6.00. The van der Waals surface area contributed by atoms with E-state index >= 15 is 0 Å². The van der Waals surface area contributed by atoms with Crippen molar-refractivity contribution in [1.82, 2.24) is 4.57 Å². The van der Waals surface area contributed by atoms with Crippen molar-refractivity contribution in [2.45, 2.75) is 26.8 Å². The predicted octanol–water partition coefficient (Wildman–Crippen LogP) is 3.99. The average Bonchev–Trinajstić information content (AvgIpc) is 2.83. The van der Waals surface area contributed by atoms with Gasteiger partial charge in [-0.3, -0.25) is 0 Å². The van der Waals surface area contributed by atoms with Crippen molar-refractivity contribution < 1.29 is 14.3 Å². The second-order valence-electron chi connectivity index (χ2n) is 4.37. The molecule has 0 radical (unpaired) electrons. The summed E-state index contributed by atoms with van der Waals surface area (Å²) in [5.41, 5.74) is 1.39. The molecule has 0 saturated heterocycles. The summed E-state index contributed by atoms with van der Waals surface area (Å²) in [4.78, 5) is 11.3. The van der Waals surface area contributed by atoms with Gasteiger partial charge in [0.2, 0.25) is 0 Å². The highest BCUT2D eigenvalue weighted by molar-refractivity contribution is 6.36. The Morgan fingerprint density at radius 1 is 1.50 bits per heavy atom. The van der Waals surface area contributed by atoms with Crippen LogP contribution in [0.4, 0.5) is 0 Å². The molecule has 1 N–H and O–H groups in total. The van der Waals surface area contributed by atoms with Crippen LogP contribution >= 0.6 is 11.6 Å². The third-order valence-electron chi connectivity index (χ3n) is 2.88. The number of rotatable bonds is 3. The van der Waals surface area contributed by atoms with Crippen molar-refractivity contribution >= 4 is 17.6 Å². The molecule has 4 nitrogen and oxygen atoms in total. The third-order valence-corrected chi connectivity index (χ3v) is 3.24. The summed E-state index contributed by atoms with van der Waals surface area (Å²) in [6, 6.07) is 3.61. The maximum Gasteiger partial charge on any atom is 0.339 e. The fourth-order valence-electron chi connectivity index (χ4n) is 2.21. The number of halogens is 1. The minimum atomic E-state index is -1.02. The number of hydrogen-bond acceptors (Lipinski definition) is 2. The summed E-state index contributed by atoms with van der Waals surface area (Å²) in [7, 11) is 0. The Morgan fingerprint density at radius 2 is 2.17 bits per heavy atom. The average molecular weight is 268 g/mol. The van der Waals surface area contributed by atoms with Gasteiger partial charge in [-0.05, 0) is 32.9 Å². The number of furan rings is 1. The van der Waals surface area contributed by atoms with Gasteiger partial charge in [-0.2, -0.15) is 0 Å². The van der Waals surface area contributed by atoms with Crippen LogP contribution in [-0.2, 0) is 0 Å². The lowest BCUT2D eigenvalue weighted by Crippen LogP contribution is -2.06. The van der Waals surface area contributed by atoms with Gasteiger partial charge in [-0.25, -0.2) is 4.79 Å². The number of nitrogens with zero attached hydrogens (tertiary/aromatic N) is 1. The first kappa shape index (κ1) is 12.8. The maximum atomic E-state index is 11.3. The van der Waals surface area contributed by atoms with Gasteiger partial charge in [0.15, 0.2) is 5.76 Å². The molecule has 2 aromatic heterocycles. The van der Waals surface area contributed by atoms with Gasteiger partial charge in [0.1, 0.15) is 5.69 Å². The quantitative estimate of drug-likeness (QED) is 0.915. The van der Waals surface area contributed by atoms with Crippen LogP contribution < -0.4 is 0 Å². The van der Waals surface area contributed by atoms with E-state index in [1.54, 1.807) is 25.3 Å². The second kappa shape index (κ2) is 4.53. The van der Waals surface area contributed by atoms with Gasteiger partial charge < -0.3 is 14.1 Å². The summed E-state index contributed by atoms with van der Waals surface area (Å²) in [5.74, 6) is -0.450. The molecule has 0 aliphatic carbocycles. The molecule has 2 heterocycles. The highest BCUT2D eigenvalue weighted by atomic mass is 35.5. The van der Waals surface area contributed by atoms with E-state index in [2.05, 4.69) is 0 Å². The summed E-state index contributed by atoms with van der Waals surface area (Å²) < 4.78 is 7.22. The molecule has 0 aromatic carbocycles. The molecule has 18 heavy (non-hydrogen) atoms. The normalized spacial score (nSPS) is 11.2. The molecule has 96 valence electrons. The van der Waals surface area contributed by atoms with Gasteiger partial charge in [0.05, 0.1) is 16.8 Å². The minimum Gasteiger partial charge on any atom is -0.478 e. The van der Waals surface area contributed by atoms with Crippen LogP contribution in [0.15, 0.2) is 22.8 Å². The zero-order valence-electron chi connectivity index (χ0n) is 10.4. The Balaban J connectivity index is 2.79. The van der Waals surface area contributed by atoms with Crippen LogP contribution in [0.3, 0.4) is 0 Å². The van der Waals surface area contributed by atoms with Crippen LogP contribution in [0, 0.1) is 6.92 Å². The van der Waals surface area contributed by atoms with Gasteiger partial charge in [-0.1, -0.05) is 11.6 Å². The molecule has 5 heteroatoms. The molecule has 0 amide bonds. The highest BCUT2D eigenvalue weighted by Gasteiger charge is 2.26. The Labute approximate surface area is 110 Å². The maximum absolute atomic E-state index is 11.3. The van der Waals surface area contributed by atoms with E-state index in [1.807, 2.05) is 18.4 Å². The smallest absolute Gasteiger partial charge is 0.339 e. The number of carbonyl (C=O) groups is 1. The van der Waals surface area contributed by atoms with E-state index in [4.69, 9.17) is 16.0 Å². The minimum absolute atomic E-state index is 0.0932. The highest BCUT2D eigenvalue weighted by Crippen LogP contribution is 2.37. The molecular weight excluding hydrogens is 254 g/mol. The first-order valence-electron chi connectivity index (χ1n) is 5.62. The fourth-order valence-corrected chi connectivity index (χ4v) is 2.61. The van der Waals surface area contributed by atoms with Gasteiger partial charge in [0, 0.05) is 11.7 Å². The summed E-state index contributed by atoms with van der Waals surface area (Å²) in [6.07, 6.45) is 1.54. The molecule has 0 aliphatic rings. The summed E-state index contributed by atoms with van der Waals surface area (Å²) >= 11 is 6.20. The predicted molar refractivity (Wildman–Crippen MR) is 69.2 cm³/mol. The van der Waals surface area contributed by atoms with Crippen molar-refractivity contribution in [3.8, 4) is 11.5 Å². The fraction of sp³-hybridized carbons (Fsp3) is 0.308. The zero-order chi connectivity index (χ0) is 13.4. The number of carboxylic acid groups (broad SMARTS) is 1. The molecule has 0 bridgehead atoms. The van der Waals surface area contributed by atoms with Crippen molar-refractivity contribution in [3.63, 3.8) is 0 Å². The zero-order valence-corrected chi connectivity index (χ0v) is 11.2. The van der Waals surface area contributed by atoms with Gasteiger partial charge in [-0.15, -0.1) is 0 Å². The van der Waals surface area contributed by atoms with E-state index in [1.165, 1.54) is 0 Å². The molecule has 0 aliphatic heterocycles. The third kappa shape index (κ3) is 1.82. The molecule has 0 fully saturated rings. The van der Waals surface area contributed by atoms with Crippen LogP contribution in [0.25, 0.3) is 11.5 Å². The molecule has 2 rings (SSSR count). The SMILES string of the molecule is Cc1c(C(=O)O)c(Cl)c(-c2ccco2)n1C(C)C. The lowest BCUT2D eigenvalue weighted by molar-refractivity contribution is 0.0696. The number of hydrogen-bond donors (Lipinski definition) is 1. The largest absolute Gasteiger partial charge is 0.478 e. The van der Waals surface area contributed by atoms with Crippen molar-refractivity contribution in [3.05, 3.63) is 34.7 Å². The van der Waals surface area contributed by atoms with Crippen molar-refractivity contribution in [1.29, 1.82) is 0 Å². The lowest BCUT2D eigenvalue weighted by atomic mass is 10.2. The number of carboxylic acids is 1. The van der Waals surface area contributed by atoms with Crippen LogP contribution in [0.5, 0.6) is 0 Å². The van der Waals surface area contributed by atoms with Gasteiger partial charge in [0.25, 0.3) is 0 Å². The molecule has 2 aromatic rings.